The van der Waals surface area contributed by atoms with Gasteiger partial charge in [0.25, 0.3) is 0 Å². The average molecular weight is 310 g/mol. The molecule has 0 aliphatic carbocycles. The highest BCUT2D eigenvalue weighted by Crippen LogP contribution is 2.23. The summed E-state index contributed by atoms with van der Waals surface area (Å²) in [5.41, 5.74) is 3.86. The highest BCUT2D eigenvalue weighted by Gasteiger charge is 2.19. The van der Waals surface area contributed by atoms with Crippen molar-refractivity contribution < 1.29 is 0 Å². The van der Waals surface area contributed by atoms with E-state index < -0.39 is 0 Å². The Kier molecular flexibility index (Phi) is 3.45. The number of pyridine rings is 1. The first-order valence-electron chi connectivity index (χ1n) is 8.31. The summed E-state index contributed by atoms with van der Waals surface area (Å²) >= 11 is 0. The van der Waals surface area contributed by atoms with Crippen LogP contribution in [-0.4, -0.2) is 27.4 Å². The second-order valence-corrected chi connectivity index (χ2v) is 6.67. The van der Waals surface area contributed by atoms with Crippen molar-refractivity contribution in [2.75, 3.05) is 13.1 Å². The molecular formula is C18H22N4O. The van der Waals surface area contributed by atoms with Crippen molar-refractivity contribution in [2.45, 2.75) is 26.3 Å². The molecule has 0 saturated carbocycles. The first-order valence-corrected chi connectivity index (χ1v) is 8.31. The zero-order valence-corrected chi connectivity index (χ0v) is 13.7. The van der Waals surface area contributed by atoms with Crippen molar-refractivity contribution in [1.29, 1.82) is 0 Å². The van der Waals surface area contributed by atoms with Gasteiger partial charge in [-0.05, 0) is 50.9 Å². The number of hydrogen-bond acceptors (Lipinski definition) is 3. The van der Waals surface area contributed by atoms with E-state index >= 15 is 0 Å². The Morgan fingerprint density at radius 3 is 3.00 bits per heavy atom. The highest BCUT2D eigenvalue weighted by atomic mass is 16.1. The molecule has 0 spiro atoms. The minimum absolute atomic E-state index is 0.0803. The molecule has 23 heavy (non-hydrogen) atoms. The summed E-state index contributed by atoms with van der Waals surface area (Å²) in [6, 6.07) is 6.16. The van der Waals surface area contributed by atoms with E-state index in [2.05, 4.69) is 27.1 Å². The number of aryl methyl sites for hydroxylation is 2. The molecule has 1 aliphatic rings. The van der Waals surface area contributed by atoms with Gasteiger partial charge in [0.15, 0.2) is 0 Å². The Labute approximate surface area is 134 Å². The summed E-state index contributed by atoms with van der Waals surface area (Å²) in [6.07, 6.45) is 4.28. The first-order chi connectivity index (χ1) is 11.1. The van der Waals surface area contributed by atoms with Crippen LogP contribution in [0.25, 0.3) is 21.9 Å². The van der Waals surface area contributed by atoms with Crippen molar-refractivity contribution in [3.63, 3.8) is 0 Å². The molecule has 1 aromatic carbocycles. The molecule has 1 saturated heterocycles. The maximum Gasteiger partial charge on any atom is 0.215 e. The standard InChI is InChI=1S/C18H22N4O/c1-12-5-6-15-14(8-12)18(23)17-16(10-20-21(17)2)22(15)11-13-4-3-7-19-9-13/h5-6,8,10,13,19H,3-4,7,9,11H2,1-2H3. The lowest BCUT2D eigenvalue weighted by Gasteiger charge is -2.25. The topological polar surface area (TPSA) is 51.9 Å². The van der Waals surface area contributed by atoms with Gasteiger partial charge in [-0.25, -0.2) is 0 Å². The lowest BCUT2D eigenvalue weighted by Crippen LogP contribution is -2.32. The van der Waals surface area contributed by atoms with Gasteiger partial charge in [0.1, 0.15) is 5.52 Å². The van der Waals surface area contributed by atoms with E-state index in [0.717, 1.165) is 41.6 Å². The molecule has 1 aliphatic heterocycles. The average Bonchev–Trinajstić information content (AvgIpc) is 2.94. The van der Waals surface area contributed by atoms with Crippen LogP contribution in [0.3, 0.4) is 0 Å². The van der Waals surface area contributed by atoms with Crippen LogP contribution >= 0.6 is 0 Å². The maximum atomic E-state index is 12.9. The number of fused-ring (bicyclic) bond motifs is 2. The van der Waals surface area contributed by atoms with Crippen molar-refractivity contribution in [2.24, 2.45) is 13.0 Å². The molecule has 1 atom stereocenters. The van der Waals surface area contributed by atoms with Crippen molar-refractivity contribution in [3.8, 4) is 0 Å². The Hall–Kier alpha value is -2.14. The molecule has 1 N–H and O–H groups in total. The zero-order chi connectivity index (χ0) is 16.0. The van der Waals surface area contributed by atoms with E-state index in [1.165, 1.54) is 12.8 Å². The van der Waals surface area contributed by atoms with Crippen LogP contribution in [0.1, 0.15) is 18.4 Å². The van der Waals surface area contributed by atoms with Gasteiger partial charge in [-0.15, -0.1) is 0 Å². The van der Waals surface area contributed by atoms with Gasteiger partial charge in [0.05, 0.1) is 17.2 Å². The molecule has 2 aromatic heterocycles. The largest absolute Gasteiger partial charge is 0.337 e. The summed E-state index contributed by atoms with van der Waals surface area (Å²) in [5.74, 6) is 0.596. The van der Waals surface area contributed by atoms with Crippen molar-refractivity contribution in [3.05, 3.63) is 40.2 Å². The van der Waals surface area contributed by atoms with Gasteiger partial charge >= 0.3 is 0 Å². The molecule has 1 unspecified atom stereocenters. The summed E-state index contributed by atoms with van der Waals surface area (Å²) in [6.45, 7) is 5.11. The lowest BCUT2D eigenvalue weighted by atomic mass is 9.99. The molecule has 4 rings (SSSR count). The van der Waals surface area contributed by atoms with Crippen LogP contribution in [0, 0.1) is 12.8 Å². The number of rotatable bonds is 2. The second kappa shape index (κ2) is 5.49. The Balaban J connectivity index is 1.98. The first kappa shape index (κ1) is 14.5. The third-order valence-electron chi connectivity index (χ3n) is 4.95. The van der Waals surface area contributed by atoms with E-state index in [-0.39, 0.29) is 5.43 Å². The molecule has 0 amide bonds. The van der Waals surface area contributed by atoms with Crippen LogP contribution in [0.15, 0.2) is 29.2 Å². The molecule has 0 radical (unpaired) electrons. The molecule has 3 aromatic rings. The second-order valence-electron chi connectivity index (χ2n) is 6.67. The monoisotopic (exact) mass is 310 g/mol. The van der Waals surface area contributed by atoms with Crippen LogP contribution < -0.4 is 10.7 Å². The third kappa shape index (κ3) is 2.36. The molecular weight excluding hydrogens is 288 g/mol. The maximum absolute atomic E-state index is 12.9. The Morgan fingerprint density at radius 2 is 2.22 bits per heavy atom. The van der Waals surface area contributed by atoms with Crippen LogP contribution in [0.4, 0.5) is 0 Å². The number of nitrogens with one attached hydrogen (secondary N) is 1. The van der Waals surface area contributed by atoms with Gasteiger partial charge in [-0.3, -0.25) is 9.48 Å². The van der Waals surface area contributed by atoms with Gasteiger partial charge in [0.2, 0.25) is 5.43 Å². The predicted octanol–water partition coefficient (Wildman–Crippen LogP) is 2.20. The van der Waals surface area contributed by atoms with E-state index in [1.54, 1.807) is 4.68 Å². The van der Waals surface area contributed by atoms with E-state index in [9.17, 15) is 4.79 Å². The van der Waals surface area contributed by atoms with E-state index in [4.69, 9.17) is 0 Å². The normalized spacial score (nSPS) is 18.8. The Morgan fingerprint density at radius 1 is 1.35 bits per heavy atom. The summed E-state index contributed by atoms with van der Waals surface area (Å²) < 4.78 is 3.99. The summed E-state index contributed by atoms with van der Waals surface area (Å²) in [4.78, 5) is 12.9. The number of aromatic nitrogens is 3. The fraction of sp³-hybridized carbons (Fsp3) is 0.444. The minimum Gasteiger partial charge on any atom is -0.337 e. The molecule has 5 nitrogen and oxygen atoms in total. The van der Waals surface area contributed by atoms with Crippen LogP contribution in [0.5, 0.6) is 0 Å². The third-order valence-corrected chi connectivity index (χ3v) is 4.95. The van der Waals surface area contributed by atoms with E-state index in [0.29, 0.717) is 11.4 Å². The molecule has 5 heteroatoms. The molecule has 3 heterocycles. The minimum atomic E-state index is 0.0803. The van der Waals surface area contributed by atoms with E-state index in [1.807, 2.05) is 26.2 Å². The highest BCUT2D eigenvalue weighted by molar-refractivity contribution is 5.92. The Bertz CT molecular complexity index is 931. The number of benzene rings is 1. The lowest BCUT2D eigenvalue weighted by molar-refractivity contribution is 0.343. The molecule has 0 bridgehead atoms. The van der Waals surface area contributed by atoms with Gasteiger partial charge in [0, 0.05) is 19.0 Å². The van der Waals surface area contributed by atoms with Gasteiger partial charge < -0.3 is 9.88 Å². The van der Waals surface area contributed by atoms with Crippen LogP contribution in [0.2, 0.25) is 0 Å². The SMILES string of the molecule is Cc1ccc2c(c1)c(=O)c1c(cnn1C)n2CC1CCCNC1. The quantitative estimate of drug-likeness (QED) is 0.789. The predicted molar refractivity (Wildman–Crippen MR) is 92.8 cm³/mol. The zero-order valence-electron chi connectivity index (χ0n) is 13.7. The summed E-state index contributed by atoms with van der Waals surface area (Å²) in [7, 11) is 1.85. The molecule has 1 fully saturated rings. The van der Waals surface area contributed by atoms with Crippen molar-refractivity contribution >= 4 is 21.9 Å². The number of piperidine rings is 1. The van der Waals surface area contributed by atoms with Gasteiger partial charge in [-0.1, -0.05) is 11.6 Å². The number of hydrogen-bond donors (Lipinski definition) is 1. The number of nitrogens with zero attached hydrogens (tertiary/aromatic N) is 3. The van der Waals surface area contributed by atoms with Crippen LogP contribution in [-0.2, 0) is 13.6 Å². The van der Waals surface area contributed by atoms with Gasteiger partial charge in [-0.2, -0.15) is 5.10 Å². The summed E-state index contributed by atoms with van der Waals surface area (Å²) in [5, 5.41) is 8.61. The fourth-order valence-corrected chi connectivity index (χ4v) is 3.75. The smallest absolute Gasteiger partial charge is 0.215 e. The molecule has 120 valence electrons. The fourth-order valence-electron chi connectivity index (χ4n) is 3.75. The van der Waals surface area contributed by atoms with Crippen molar-refractivity contribution in [1.82, 2.24) is 19.7 Å².